The molecule has 0 fully saturated rings. The van der Waals surface area contributed by atoms with Gasteiger partial charge in [-0.1, -0.05) is 28.1 Å². The van der Waals surface area contributed by atoms with Gasteiger partial charge in [-0.15, -0.1) is 5.06 Å². The number of imide groups is 1. The fourth-order valence-corrected chi connectivity index (χ4v) is 2.75. The summed E-state index contributed by atoms with van der Waals surface area (Å²) in [4.78, 5) is 29.7. The number of halogens is 1. The van der Waals surface area contributed by atoms with E-state index in [0.717, 1.165) is 14.9 Å². The van der Waals surface area contributed by atoms with Crippen LogP contribution in [0.3, 0.4) is 0 Å². The lowest BCUT2D eigenvalue weighted by molar-refractivity contribution is -0.0903. The minimum Gasteiger partial charge on any atom is -0.266 e. The third kappa shape index (κ3) is 1.69. The van der Waals surface area contributed by atoms with Crippen LogP contribution in [0.15, 0.2) is 34.8 Å². The van der Waals surface area contributed by atoms with Gasteiger partial charge in [0.1, 0.15) is 0 Å². The van der Waals surface area contributed by atoms with Gasteiger partial charge in [-0.3, -0.25) is 14.4 Å². The van der Waals surface area contributed by atoms with Crippen molar-refractivity contribution in [2.75, 3.05) is 6.61 Å². The van der Waals surface area contributed by atoms with Crippen LogP contribution in [0.4, 0.5) is 0 Å². The summed E-state index contributed by atoms with van der Waals surface area (Å²) >= 11 is 3.44. The number of carbonyl (C=O) groups excluding carboxylic acids is 2. The molecule has 1 heterocycles. The Labute approximate surface area is 118 Å². The highest BCUT2D eigenvalue weighted by atomic mass is 79.9. The third-order valence-corrected chi connectivity index (χ3v) is 3.77. The van der Waals surface area contributed by atoms with E-state index in [2.05, 4.69) is 15.9 Å². The standard InChI is InChI=1S/C14H10BrNO3/c1-2-19-16-13(17)9-5-3-4-8-11(15)7-6-10(12(8)9)14(16)18/h3-7H,2H2,1H3. The van der Waals surface area contributed by atoms with Crippen LogP contribution < -0.4 is 0 Å². The summed E-state index contributed by atoms with van der Waals surface area (Å²) in [5.74, 6) is -0.828. The Morgan fingerprint density at radius 3 is 2.47 bits per heavy atom. The van der Waals surface area contributed by atoms with Gasteiger partial charge in [-0.25, -0.2) is 0 Å². The largest absolute Gasteiger partial charge is 0.285 e. The van der Waals surface area contributed by atoms with E-state index >= 15 is 0 Å². The van der Waals surface area contributed by atoms with Crippen LogP contribution in [-0.2, 0) is 4.84 Å². The minimum absolute atomic E-state index is 0.263. The summed E-state index contributed by atoms with van der Waals surface area (Å²) in [5, 5.41) is 2.38. The van der Waals surface area contributed by atoms with Gasteiger partial charge in [0.2, 0.25) is 0 Å². The summed E-state index contributed by atoms with van der Waals surface area (Å²) in [7, 11) is 0. The first-order valence-corrected chi connectivity index (χ1v) is 6.67. The van der Waals surface area contributed by atoms with Crippen molar-refractivity contribution in [1.29, 1.82) is 0 Å². The maximum Gasteiger partial charge on any atom is 0.285 e. The van der Waals surface area contributed by atoms with Crippen LogP contribution in [0.25, 0.3) is 10.8 Å². The number of carbonyl (C=O) groups is 2. The summed E-state index contributed by atoms with van der Waals surface area (Å²) in [6, 6.07) is 8.89. The zero-order valence-electron chi connectivity index (χ0n) is 10.1. The molecule has 0 radical (unpaired) electrons. The van der Waals surface area contributed by atoms with E-state index in [1.54, 1.807) is 31.2 Å². The molecule has 0 aromatic heterocycles. The van der Waals surface area contributed by atoms with Crippen molar-refractivity contribution in [3.05, 3.63) is 45.9 Å². The monoisotopic (exact) mass is 319 g/mol. The van der Waals surface area contributed by atoms with E-state index in [1.165, 1.54) is 0 Å². The fourth-order valence-electron chi connectivity index (χ4n) is 2.28. The van der Waals surface area contributed by atoms with E-state index in [4.69, 9.17) is 4.84 Å². The van der Waals surface area contributed by atoms with Crippen LogP contribution in [0.1, 0.15) is 27.6 Å². The van der Waals surface area contributed by atoms with E-state index < -0.39 is 11.8 Å². The molecular formula is C14H10BrNO3. The molecule has 19 heavy (non-hydrogen) atoms. The molecule has 4 nitrogen and oxygen atoms in total. The second-order valence-corrected chi connectivity index (χ2v) is 5.00. The third-order valence-electron chi connectivity index (χ3n) is 3.08. The van der Waals surface area contributed by atoms with Gasteiger partial charge in [0.15, 0.2) is 0 Å². The molecule has 0 saturated carbocycles. The Hall–Kier alpha value is -1.72. The molecule has 2 aromatic carbocycles. The normalized spacial score (nSPS) is 14.3. The summed E-state index contributed by atoms with van der Waals surface area (Å²) < 4.78 is 0.860. The average molecular weight is 320 g/mol. The number of nitrogens with zero attached hydrogens (tertiary/aromatic N) is 1. The van der Waals surface area contributed by atoms with E-state index in [9.17, 15) is 9.59 Å². The van der Waals surface area contributed by atoms with Crippen LogP contribution in [0, 0.1) is 0 Å². The number of rotatable bonds is 2. The van der Waals surface area contributed by atoms with Crippen molar-refractivity contribution in [2.24, 2.45) is 0 Å². The predicted octanol–water partition coefficient (Wildman–Crippen LogP) is 3.15. The SMILES string of the molecule is CCON1C(=O)c2cccc3c(Br)ccc(c23)C1=O. The van der Waals surface area contributed by atoms with Crippen molar-refractivity contribution >= 4 is 38.5 Å². The lowest BCUT2D eigenvalue weighted by Crippen LogP contribution is -2.40. The zero-order chi connectivity index (χ0) is 13.6. The summed E-state index contributed by atoms with van der Waals surface area (Å²) in [5.41, 5.74) is 0.976. The number of benzene rings is 2. The zero-order valence-corrected chi connectivity index (χ0v) is 11.7. The summed E-state index contributed by atoms with van der Waals surface area (Å²) in [6.07, 6.45) is 0. The van der Waals surface area contributed by atoms with E-state index in [-0.39, 0.29) is 6.61 Å². The molecule has 2 aromatic rings. The van der Waals surface area contributed by atoms with Gasteiger partial charge >= 0.3 is 0 Å². The highest BCUT2D eigenvalue weighted by Crippen LogP contribution is 2.34. The molecule has 5 heteroatoms. The molecule has 0 saturated heterocycles. The number of amides is 2. The van der Waals surface area contributed by atoms with Crippen molar-refractivity contribution in [2.45, 2.75) is 6.92 Å². The average Bonchev–Trinajstić information content (AvgIpc) is 2.42. The van der Waals surface area contributed by atoms with E-state index in [0.29, 0.717) is 16.5 Å². The molecule has 0 spiro atoms. The molecule has 0 aliphatic carbocycles. The minimum atomic E-state index is -0.414. The highest BCUT2D eigenvalue weighted by Gasteiger charge is 2.33. The first-order chi connectivity index (χ1) is 9.15. The lowest BCUT2D eigenvalue weighted by Gasteiger charge is -2.25. The molecule has 0 N–H and O–H groups in total. The topological polar surface area (TPSA) is 46.6 Å². The van der Waals surface area contributed by atoms with Crippen molar-refractivity contribution in [3.63, 3.8) is 0 Å². The van der Waals surface area contributed by atoms with Gasteiger partial charge in [0.05, 0.1) is 17.7 Å². The number of hydrogen-bond donors (Lipinski definition) is 0. The molecule has 0 unspecified atom stereocenters. The van der Waals surface area contributed by atoms with Crippen molar-refractivity contribution < 1.29 is 14.4 Å². The van der Waals surface area contributed by atoms with Gasteiger partial charge in [0, 0.05) is 9.86 Å². The van der Waals surface area contributed by atoms with Crippen LogP contribution in [0.2, 0.25) is 0 Å². The second kappa shape index (κ2) is 4.43. The van der Waals surface area contributed by atoms with Crippen LogP contribution in [-0.4, -0.2) is 23.5 Å². The van der Waals surface area contributed by atoms with Crippen LogP contribution in [0.5, 0.6) is 0 Å². The molecule has 96 valence electrons. The Morgan fingerprint density at radius 1 is 1.11 bits per heavy atom. The molecule has 1 aliphatic heterocycles. The molecular weight excluding hydrogens is 310 g/mol. The first-order valence-electron chi connectivity index (χ1n) is 5.88. The van der Waals surface area contributed by atoms with Crippen LogP contribution >= 0.6 is 15.9 Å². The predicted molar refractivity (Wildman–Crippen MR) is 73.8 cm³/mol. The Morgan fingerprint density at radius 2 is 1.79 bits per heavy atom. The number of hydroxylamine groups is 2. The fraction of sp³-hybridized carbons (Fsp3) is 0.143. The maximum absolute atomic E-state index is 12.3. The second-order valence-electron chi connectivity index (χ2n) is 4.15. The molecule has 1 aliphatic rings. The number of hydrogen-bond acceptors (Lipinski definition) is 3. The summed E-state index contributed by atoms with van der Waals surface area (Å²) in [6.45, 7) is 2.00. The lowest BCUT2D eigenvalue weighted by atomic mass is 9.95. The Bertz CT molecular complexity index is 689. The van der Waals surface area contributed by atoms with Gasteiger partial charge in [-0.2, -0.15) is 0 Å². The molecule has 0 bridgehead atoms. The smallest absolute Gasteiger partial charge is 0.266 e. The van der Waals surface area contributed by atoms with E-state index in [1.807, 2.05) is 6.07 Å². The van der Waals surface area contributed by atoms with Crippen molar-refractivity contribution in [1.82, 2.24) is 5.06 Å². The van der Waals surface area contributed by atoms with Gasteiger partial charge in [-0.05, 0) is 30.5 Å². The van der Waals surface area contributed by atoms with Gasteiger partial charge < -0.3 is 0 Å². The highest BCUT2D eigenvalue weighted by molar-refractivity contribution is 9.10. The molecule has 2 amide bonds. The molecule has 3 rings (SSSR count). The van der Waals surface area contributed by atoms with Gasteiger partial charge in [0.25, 0.3) is 11.8 Å². The Kier molecular flexibility index (Phi) is 2.88. The Balaban J connectivity index is 2.35. The first kappa shape index (κ1) is 12.3. The maximum atomic E-state index is 12.3. The molecule has 0 atom stereocenters. The quantitative estimate of drug-likeness (QED) is 0.799. The van der Waals surface area contributed by atoms with Crippen molar-refractivity contribution in [3.8, 4) is 0 Å².